The summed E-state index contributed by atoms with van der Waals surface area (Å²) in [6.07, 6.45) is 3.98. The van der Waals surface area contributed by atoms with Crippen LogP contribution in [0.2, 0.25) is 0 Å². The molecule has 1 amide bonds. The van der Waals surface area contributed by atoms with Crippen LogP contribution in [0.25, 0.3) is 22.0 Å². The van der Waals surface area contributed by atoms with Crippen molar-refractivity contribution in [2.75, 3.05) is 51.8 Å². The Hall–Kier alpha value is -3.95. The van der Waals surface area contributed by atoms with Crippen molar-refractivity contribution in [1.29, 1.82) is 0 Å². The molecule has 9 heteroatoms. The first-order chi connectivity index (χ1) is 19.7. The molecule has 0 spiro atoms. The van der Waals surface area contributed by atoms with E-state index in [1.54, 1.807) is 7.11 Å². The Labute approximate surface area is 241 Å². The van der Waals surface area contributed by atoms with E-state index in [9.17, 15) is 9.59 Å². The molecule has 1 aromatic carbocycles. The minimum absolute atomic E-state index is 0.0776. The second kappa shape index (κ2) is 11.9. The van der Waals surface area contributed by atoms with E-state index in [1.165, 1.54) is 0 Å². The number of methoxy groups -OCH3 is 1. The molecule has 1 atom stereocenters. The molecule has 0 aliphatic carbocycles. The quantitative estimate of drug-likeness (QED) is 0.338. The number of rotatable bonds is 8. The summed E-state index contributed by atoms with van der Waals surface area (Å²) in [7, 11) is 3.84. The molecule has 1 aliphatic heterocycles. The van der Waals surface area contributed by atoms with Gasteiger partial charge in [-0.05, 0) is 81.8 Å². The molecule has 2 N–H and O–H groups in total. The lowest BCUT2D eigenvalue weighted by Gasteiger charge is -2.33. The molecule has 41 heavy (non-hydrogen) atoms. The number of benzene rings is 1. The first-order valence-electron chi connectivity index (χ1n) is 14.2. The van der Waals surface area contributed by atoms with Crippen molar-refractivity contribution >= 4 is 22.6 Å². The van der Waals surface area contributed by atoms with E-state index in [-0.39, 0.29) is 24.1 Å². The number of carbonyl (C=O) groups is 1. The number of amides is 1. The topological polar surface area (TPSA) is 95.5 Å². The molecule has 0 saturated carbocycles. The van der Waals surface area contributed by atoms with Crippen LogP contribution in [0, 0.1) is 20.8 Å². The third-order valence-corrected chi connectivity index (χ3v) is 8.08. The third-order valence-electron chi connectivity index (χ3n) is 8.08. The summed E-state index contributed by atoms with van der Waals surface area (Å²) >= 11 is 0. The Bertz CT molecular complexity index is 1610. The van der Waals surface area contributed by atoms with Crippen molar-refractivity contribution in [2.45, 2.75) is 40.3 Å². The van der Waals surface area contributed by atoms with E-state index in [1.807, 2.05) is 39.1 Å². The maximum absolute atomic E-state index is 13.8. The fraction of sp³-hybridized carbons (Fsp3) is 0.406. The lowest BCUT2D eigenvalue weighted by atomic mass is 9.98. The van der Waals surface area contributed by atoms with Crippen LogP contribution in [0.5, 0.6) is 0 Å². The van der Waals surface area contributed by atoms with E-state index in [0.29, 0.717) is 17.7 Å². The molecular formula is C32H40N6O3. The molecule has 1 fully saturated rings. The number of aromatic nitrogens is 3. The zero-order valence-corrected chi connectivity index (χ0v) is 24.9. The van der Waals surface area contributed by atoms with Crippen molar-refractivity contribution < 1.29 is 9.53 Å². The van der Waals surface area contributed by atoms with Crippen LogP contribution in [0.3, 0.4) is 0 Å². The lowest BCUT2D eigenvalue weighted by Crippen LogP contribution is -2.44. The van der Waals surface area contributed by atoms with Gasteiger partial charge < -0.3 is 29.4 Å². The molecule has 1 aliphatic rings. The fourth-order valence-corrected chi connectivity index (χ4v) is 5.76. The van der Waals surface area contributed by atoms with Crippen molar-refractivity contribution in [3.8, 4) is 11.1 Å². The molecule has 4 heterocycles. The number of nitrogens with one attached hydrogen (secondary N) is 2. The predicted octanol–water partition coefficient (Wildman–Crippen LogP) is 4.21. The number of piperazine rings is 1. The zero-order chi connectivity index (χ0) is 29.3. The fourth-order valence-electron chi connectivity index (χ4n) is 5.76. The lowest BCUT2D eigenvalue weighted by molar-refractivity contribution is 0.0952. The number of ether oxygens (including phenoxy) is 1. The number of aryl methyl sites for hydroxylation is 3. The van der Waals surface area contributed by atoms with Gasteiger partial charge in [0, 0.05) is 80.0 Å². The Morgan fingerprint density at radius 3 is 2.49 bits per heavy atom. The smallest absolute Gasteiger partial charge is 0.253 e. The molecule has 0 bridgehead atoms. The van der Waals surface area contributed by atoms with Gasteiger partial charge in [0.25, 0.3) is 11.5 Å². The highest BCUT2D eigenvalue weighted by Crippen LogP contribution is 2.33. The van der Waals surface area contributed by atoms with E-state index in [0.717, 1.165) is 70.8 Å². The molecule has 9 nitrogen and oxygen atoms in total. The van der Waals surface area contributed by atoms with Gasteiger partial charge in [0.2, 0.25) is 0 Å². The highest BCUT2D eigenvalue weighted by Gasteiger charge is 2.21. The molecule has 0 radical (unpaired) electrons. The molecule has 5 rings (SSSR count). The van der Waals surface area contributed by atoms with Gasteiger partial charge >= 0.3 is 0 Å². The Balaban J connectivity index is 1.53. The summed E-state index contributed by atoms with van der Waals surface area (Å²) < 4.78 is 7.63. The van der Waals surface area contributed by atoms with Gasteiger partial charge in [-0.15, -0.1) is 0 Å². The highest BCUT2D eigenvalue weighted by atomic mass is 16.5. The Morgan fingerprint density at radius 1 is 1.07 bits per heavy atom. The van der Waals surface area contributed by atoms with E-state index in [4.69, 9.17) is 9.72 Å². The molecule has 0 unspecified atom stereocenters. The van der Waals surface area contributed by atoms with Crippen molar-refractivity contribution in [1.82, 2.24) is 24.8 Å². The standard InChI is InChI=1S/C32H40N6O3/c1-20-13-22(3)35-32(40)27(20)17-34-31(39)26-14-25(15-28-30(26)21(2)18-38(28)23(4)19-41-6)24-7-8-29(33-16-24)37-11-9-36(5)10-12-37/h7-8,13-16,18,23H,9-12,17,19H2,1-6H3,(H,34,39)(H,35,40)/t23-/m1/s1. The number of fused-ring (bicyclic) bond motifs is 1. The summed E-state index contributed by atoms with van der Waals surface area (Å²) in [5, 5.41) is 3.91. The monoisotopic (exact) mass is 556 g/mol. The number of aromatic amines is 1. The maximum atomic E-state index is 13.8. The van der Waals surface area contributed by atoms with E-state index >= 15 is 0 Å². The van der Waals surface area contributed by atoms with Gasteiger partial charge in [0.1, 0.15) is 5.82 Å². The van der Waals surface area contributed by atoms with Gasteiger partial charge in [-0.2, -0.15) is 0 Å². The second-order valence-corrected chi connectivity index (χ2v) is 11.3. The number of carbonyl (C=O) groups excluding carboxylic acids is 1. The normalized spacial score (nSPS) is 14.9. The number of H-pyrrole nitrogens is 1. The summed E-state index contributed by atoms with van der Waals surface area (Å²) in [5.74, 6) is 0.742. The number of nitrogens with zero attached hydrogens (tertiary/aromatic N) is 4. The second-order valence-electron chi connectivity index (χ2n) is 11.3. The van der Waals surface area contributed by atoms with Gasteiger partial charge in [0.15, 0.2) is 0 Å². The zero-order valence-electron chi connectivity index (χ0n) is 24.9. The average Bonchev–Trinajstić information content (AvgIpc) is 3.29. The van der Waals surface area contributed by atoms with Crippen molar-refractivity contribution in [3.63, 3.8) is 0 Å². The first-order valence-corrected chi connectivity index (χ1v) is 14.2. The van der Waals surface area contributed by atoms with Gasteiger partial charge in [-0.25, -0.2) is 4.98 Å². The molecule has 1 saturated heterocycles. The van der Waals surface area contributed by atoms with Crippen LogP contribution in [-0.2, 0) is 11.3 Å². The number of anilines is 1. The minimum Gasteiger partial charge on any atom is -0.383 e. The Kier molecular flexibility index (Phi) is 8.28. The van der Waals surface area contributed by atoms with Crippen LogP contribution >= 0.6 is 0 Å². The third kappa shape index (κ3) is 5.92. The largest absolute Gasteiger partial charge is 0.383 e. The highest BCUT2D eigenvalue weighted by molar-refractivity contribution is 6.09. The van der Waals surface area contributed by atoms with Crippen LogP contribution in [0.4, 0.5) is 5.82 Å². The predicted molar refractivity (Wildman–Crippen MR) is 164 cm³/mol. The molecule has 3 aromatic heterocycles. The van der Waals surface area contributed by atoms with Crippen LogP contribution in [0.15, 0.2) is 47.5 Å². The summed E-state index contributed by atoms with van der Waals surface area (Å²) in [6.45, 7) is 12.5. The van der Waals surface area contributed by atoms with Gasteiger partial charge in [-0.1, -0.05) is 0 Å². The van der Waals surface area contributed by atoms with Crippen LogP contribution in [0.1, 0.15) is 45.7 Å². The van der Waals surface area contributed by atoms with Crippen LogP contribution < -0.4 is 15.8 Å². The number of hydrogen-bond acceptors (Lipinski definition) is 6. The molecule has 4 aromatic rings. The van der Waals surface area contributed by atoms with E-state index < -0.39 is 0 Å². The van der Waals surface area contributed by atoms with E-state index in [2.05, 4.69) is 63.0 Å². The molecule has 216 valence electrons. The summed E-state index contributed by atoms with van der Waals surface area (Å²) in [6, 6.07) is 10.2. The van der Waals surface area contributed by atoms with Crippen molar-refractivity contribution in [2.24, 2.45) is 0 Å². The summed E-state index contributed by atoms with van der Waals surface area (Å²) in [5.41, 5.74) is 6.42. The average molecular weight is 557 g/mol. The summed E-state index contributed by atoms with van der Waals surface area (Å²) in [4.78, 5) is 38.6. The first kappa shape index (κ1) is 28.6. The number of likely N-dealkylation sites (N-methyl/N-ethyl adjacent to an activating group) is 1. The Morgan fingerprint density at radius 2 is 1.83 bits per heavy atom. The number of hydrogen-bond donors (Lipinski definition) is 2. The molecular weight excluding hydrogens is 516 g/mol. The number of pyridine rings is 2. The van der Waals surface area contributed by atoms with Gasteiger partial charge in [0.05, 0.1) is 18.2 Å². The van der Waals surface area contributed by atoms with Crippen LogP contribution in [-0.4, -0.2) is 72.3 Å². The minimum atomic E-state index is -0.224. The SMILES string of the molecule is COC[C@@H](C)n1cc(C)c2c(C(=O)NCc3c(C)cc(C)[nH]c3=O)cc(-c3ccc(N4CCN(C)CC4)nc3)cc21. The van der Waals surface area contributed by atoms with Crippen molar-refractivity contribution in [3.05, 3.63) is 81.0 Å². The maximum Gasteiger partial charge on any atom is 0.253 e. The van der Waals surface area contributed by atoms with Gasteiger partial charge in [-0.3, -0.25) is 9.59 Å².